The highest BCUT2D eigenvalue weighted by Crippen LogP contribution is 2.37. The maximum Gasteiger partial charge on any atom is 0.189 e. The largest absolute Gasteiger partial charge is 0.289 e. The van der Waals surface area contributed by atoms with Crippen molar-refractivity contribution in [3.63, 3.8) is 0 Å². The van der Waals surface area contributed by atoms with Crippen molar-refractivity contribution < 1.29 is 13.6 Å². The van der Waals surface area contributed by atoms with Crippen LogP contribution in [0.4, 0.5) is 8.78 Å². The van der Waals surface area contributed by atoms with Crippen LogP contribution in [0.3, 0.4) is 0 Å². The third kappa shape index (κ3) is 3.21. The second-order valence-corrected chi connectivity index (χ2v) is 6.01. The van der Waals surface area contributed by atoms with Crippen LogP contribution in [0.2, 0.25) is 0 Å². The summed E-state index contributed by atoms with van der Waals surface area (Å²) in [5.74, 6) is -1.67. The number of benzene rings is 2. The maximum atomic E-state index is 13.9. The van der Waals surface area contributed by atoms with Crippen molar-refractivity contribution in [1.29, 1.82) is 0 Å². The average molecular weight is 324 g/mol. The summed E-state index contributed by atoms with van der Waals surface area (Å²) in [6.07, 6.45) is 5.89. The normalized spacial score (nSPS) is 18.2. The lowest BCUT2D eigenvalue weighted by Crippen LogP contribution is -2.14. The summed E-state index contributed by atoms with van der Waals surface area (Å²) in [4.78, 5) is 12.5. The van der Waals surface area contributed by atoms with Crippen LogP contribution >= 0.6 is 0 Å². The Labute approximate surface area is 140 Å². The van der Waals surface area contributed by atoms with Gasteiger partial charge in [-0.2, -0.15) is 0 Å². The van der Waals surface area contributed by atoms with E-state index in [-0.39, 0.29) is 11.5 Å². The molecule has 0 N–H and O–H groups in total. The third-order valence-electron chi connectivity index (χ3n) is 4.46. The third-order valence-corrected chi connectivity index (χ3v) is 4.46. The number of hydrogen-bond acceptors (Lipinski definition) is 1. The maximum absolute atomic E-state index is 13.9. The van der Waals surface area contributed by atoms with E-state index in [4.69, 9.17) is 0 Å². The van der Waals surface area contributed by atoms with Crippen LogP contribution in [-0.4, -0.2) is 5.78 Å². The highest BCUT2D eigenvalue weighted by Gasteiger charge is 2.24. The number of rotatable bonds is 4. The van der Waals surface area contributed by atoms with Crippen molar-refractivity contribution in [3.05, 3.63) is 89.5 Å². The van der Waals surface area contributed by atoms with E-state index in [0.29, 0.717) is 0 Å². The van der Waals surface area contributed by atoms with E-state index in [0.717, 1.165) is 48.6 Å². The number of allylic oxidation sites excluding steroid dienone is 3. The predicted octanol–water partition coefficient (Wildman–Crippen LogP) is 5.37. The van der Waals surface area contributed by atoms with E-state index >= 15 is 0 Å². The smallest absolute Gasteiger partial charge is 0.189 e. The van der Waals surface area contributed by atoms with E-state index < -0.39 is 17.4 Å². The lowest BCUT2D eigenvalue weighted by atomic mass is 9.77. The van der Waals surface area contributed by atoms with Crippen LogP contribution in [0.5, 0.6) is 0 Å². The first-order chi connectivity index (χ1) is 11.6. The molecule has 1 aliphatic rings. The van der Waals surface area contributed by atoms with Gasteiger partial charge in [-0.3, -0.25) is 4.79 Å². The number of halogens is 2. The van der Waals surface area contributed by atoms with Crippen molar-refractivity contribution >= 4 is 11.4 Å². The van der Waals surface area contributed by atoms with E-state index in [2.05, 4.69) is 6.58 Å². The quantitative estimate of drug-likeness (QED) is 0.420. The first kappa shape index (κ1) is 16.3. The van der Waals surface area contributed by atoms with E-state index in [1.54, 1.807) is 0 Å². The first-order valence-electron chi connectivity index (χ1n) is 8.00. The van der Waals surface area contributed by atoms with Gasteiger partial charge in [-0.25, -0.2) is 8.78 Å². The molecule has 0 saturated heterocycles. The summed E-state index contributed by atoms with van der Waals surface area (Å²) >= 11 is 0. The summed E-state index contributed by atoms with van der Waals surface area (Å²) in [7, 11) is 0. The topological polar surface area (TPSA) is 17.1 Å². The minimum Gasteiger partial charge on any atom is -0.289 e. The van der Waals surface area contributed by atoms with E-state index in [1.165, 1.54) is 11.6 Å². The zero-order chi connectivity index (χ0) is 17.1. The molecule has 0 fully saturated rings. The van der Waals surface area contributed by atoms with Gasteiger partial charge in [-0.15, -0.1) is 6.58 Å². The van der Waals surface area contributed by atoms with Gasteiger partial charge in [0.05, 0.1) is 5.56 Å². The standard InChI is InChI=1S/C21H18F2O/c1-2-5-14-8-9-15-6-3-4-7-17(15)18(14)13-21(24)19-12-16(22)10-11-20(19)23/h2-4,6-7,10-14H,1,5,8-9H2/b18-13+. The summed E-state index contributed by atoms with van der Waals surface area (Å²) in [5.41, 5.74) is 2.84. The van der Waals surface area contributed by atoms with Crippen molar-refractivity contribution in [2.75, 3.05) is 0 Å². The van der Waals surface area contributed by atoms with Gasteiger partial charge >= 0.3 is 0 Å². The Morgan fingerprint density at radius 2 is 2.00 bits per heavy atom. The van der Waals surface area contributed by atoms with Gasteiger partial charge in [0.25, 0.3) is 0 Å². The molecule has 3 rings (SSSR count). The average Bonchev–Trinajstić information content (AvgIpc) is 2.59. The minimum absolute atomic E-state index is 0.165. The minimum atomic E-state index is -0.706. The molecule has 0 bridgehead atoms. The zero-order valence-corrected chi connectivity index (χ0v) is 13.3. The number of carbonyl (C=O) groups is 1. The lowest BCUT2D eigenvalue weighted by Gasteiger charge is -2.27. The van der Waals surface area contributed by atoms with Crippen LogP contribution in [-0.2, 0) is 6.42 Å². The molecule has 2 aromatic carbocycles. The molecular weight excluding hydrogens is 306 g/mol. The molecule has 3 heteroatoms. The lowest BCUT2D eigenvalue weighted by molar-refractivity contribution is 0.104. The van der Waals surface area contributed by atoms with Crippen molar-refractivity contribution in [1.82, 2.24) is 0 Å². The van der Waals surface area contributed by atoms with Crippen LogP contribution in [0.25, 0.3) is 5.57 Å². The van der Waals surface area contributed by atoms with Crippen LogP contribution in [0.15, 0.2) is 61.2 Å². The second-order valence-electron chi connectivity index (χ2n) is 6.01. The van der Waals surface area contributed by atoms with E-state index in [1.807, 2.05) is 30.3 Å². The van der Waals surface area contributed by atoms with Crippen LogP contribution in [0.1, 0.15) is 34.3 Å². The van der Waals surface area contributed by atoms with Crippen LogP contribution in [0, 0.1) is 17.6 Å². The molecule has 24 heavy (non-hydrogen) atoms. The van der Waals surface area contributed by atoms with Gasteiger partial charge in [0.1, 0.15) is 11.6 Å². The number of aryl methyl sites for hydroxylation is 1. The summed E-state index contributed by atoms with van der Waals surface area (Å²) < 4.78 is 27.3. The Balaban J connectivity index is 2.06. The molecular formula is C21H18F2O. The predicted molar refractivity (Wildman–Crippen MR) is 91.7 cm³/mol. The monoisotopic (exact) mass is 324 g/mol. The Morgan fingerprint density at radius 1 is 1.21 bits per heavy atom. The summed E-state index contributed by atoms with van der Waals surface area (Å²) in [5, 5.41) is 0. The molecule has 0 saturated carbocycles. The number of fused-ring (bicyclic) bond motifs is 1. The number of carbonyl (C=O) groups excluding carboxylic acids is 1. The molecule has 0 aromatic heterocycles. The molecule has 1 nitrogen and oxygen atoms in total. The van der Waals surface area contributed by atoms with Gasteiger partial charge in [0.15, 0.2) is 5.78 Å². The molecule has 2 aromatic rings. The number of hydrogen-bond donors (Lipinski definition) is 0. The molecule has 1 unspecified atom stereocenters. The Morgan fingerprint density at radius 3 is 2.79 bits per heavy atom. The second kappa shape index (κ2) is 6.91. The van der Waals surface area contributed by atoms with Gasteiger partial charge < -0.3 is 0 Å². The molecule has 122 valence electrons. The molecule has 1 aliphatic carbocycles. The van der Waals surface area contributed by atoms with Crippen LogP contribution < -0.4 is 0 Å². The summed E-state index contributed by atoms with van der Waals surface area (Å²) in [6, 6.07) is 10.9. The zero-order valence-electron chi connectivity index (χ0n) is 13.3. The molecule has 0 spiro atoms. The highest BCUT2D eigenvalue weighted by molar-refractivity contribution is 6.09. The van der Waals surface area contributed by atoms with Gasteiger partial charge in [0.2, 0.25) is 0 Å². The van der Waals surface area contributed by atoms with Crippen molar-refractivity contribution in [2.45, 2.75) is 19.3 Å². The fourth-order valence-electron chi connectivity index (χ4n) is 3.27. The molecule has 0 aliphatic heterocycles. The van der Waals surface area contributed by atoms with Crippen molar-refractivity contribution in [3.8, 4) is 0 Å². The van der Waals surface area contributed by atoms with Crippen molar-refractivity contribution in [2.24, 2.45) is 5.92 Å². The van der Waals surface area contributed by atoms with Gasteiger partial charge in [-0.05, 0) is 66.2 Å². The Bertz CT molecular complexity index is 820. The van der Waals surface area contributed by atoms with E-state index in [9.17, 15) is 13.6 Å². The van der Waals surface area contributed by atoms with Gasteiger partial charge in [0, 0.05) is 0 Å². The fraction of sp³-hybridized carbons (Fsp3) is 0.190. The fourth-order valence-corrected chi connectivity index (χ4v) is 3.27. The summed E-state index contributed by atoms with van der Waals surface area (Å²) in [6.45, 7) is 3.79. The SMILES string of the molecule is C=CCC1CCc2ccccc2/C1=C/C(=O)c1cc(F)ccc1F. The molecule has 0 radical (unpaired) electrons. The molecule has 0 heterocycles. The highest BCUT2D eigenvalue weighted by atomic mass is 19.1. The van der Waals surface area contributed by atoms with Gasteiger partial charge in [-0.1, -0.05) is 30.3 Å². The molecule has 1 atom stereocenters. The molecule has 0 amide bonds. The number of ketones is 1. The Kier molecular flexibility index (Phi) is 4.70. The Hall–Kier alpha value is -2.55. The first-order valence-corrected chi connectivity index (χ1v) is 8.00.